The molecule has 0 atom stereocenters. The van der Waals surface area contributed by atoms with Gasteiger partial charge in [0, 0.05) is 18.5 Å². The Labute approximate surface area is 135 Å². The molecular weight excluding hydrogens is 329 g/mol. The van der Waals surface area contributed by atoms with Gasteiger partial charge in [-0.2, -0.15) is 13.2 Å². The zero-order valence-electron chi connectivity index (χ0n) is 12.4. The van der Waals surface area contributed by atoms with Crippen LogP contribution in [0.25, 0.3) is 0 Å². The zero-order valence-corrected chi connectivity index (χ0v) is 13.2. The largest absolute Gasteiger partial charge is 0.434 e. The Bertz CT molecular complexity index is 683. The number of halogens is 3. The van der Waals surface area contributed by atoms with Crippen molar-refractivity contribution in [1.82, 2.24) is 9.97 Å². The second-order valence-corrected chi connectivity index (χ2v) is 5.92. The topological polar surface area (TPSA) is 50.3 Å². The summed E-state index contributed by atoms with van der Waals surface area (Å²) in [6, 6.07) is 3.65. The Morgan fingerprint density at radius 2 is 1.96 bits per heavy atom. The number of hydrogen-bond acceptors (Lipinski definition) is 6. The van der Waals surface area contributed by atoms with Gasteiger partial charge in [-0.1, -0.05) is 0 Å². The lowest BCUT2D eigenvalue weighted by atomic mass is 10.3. The molecule has 5 nitrogen and oxygen atoms in total. The number of aromatic nitrogens is 2. The molecule has 1 aliphatic rings. The van der Waals surface area contributed by atoms with E-state index in [4.69, 9.17) is 4.74 Å². The minimum Gasteiger partial charge on any atom is -0.378 e. The lowest BCUT2D eigenvalue weighted by Gasteiger charge is -2.28. The number of ether oxygens (including phenoxy) is 1. The van der Waals surface area contributed by atoms with Crippen LogP contribution >= 0.6 is 11.3 Å². The van der Waals surface area contributed by atoms with Gasteiger partial charge in [0.05, 0.1) is 24.6 Å². The Balaban J connectivity index is 1.74. The molecule has 2 aromatic heterocycles. The highest BCUT2D eigenvalue weighted by Gasteiger charge is 2.33. The highest BCUT2D eigenvalue weighted by atomic mass is 32.1. The lowest BCUT2D eigenvalue weighted by Crippen LogP contribution is -2.36. The van der Waals surface area contributed by atoms with E-state index >= 15 is 0 Å². The average Bonchev–Trinajstić information content (AvgIpc) is 2.99. The molecule has 1 aliphatic heterocycles. The normalized spacial score (nSPS) is 15.7. The second-order valence-electron chi connectivity index (χ2n) is 5.06. The van der Waals surface area contributed by atoms with Crippen molar-refractivity contribution in [3.05, 3.63) is 28.9 Å². The molecule has 0 unspecified atom stereocenters. The molecule has 0 radical (unpaired) electrons. The third-order valence-corrected chi connectivity index (χ3v) is 4.20. The van der Waals surface area contributed by atoms with Gasteiger partial charge in [-0.15, -0.1) is 11.3 Å². The van der Waals surface area contributed by atoms with Crippen molar-refractivity contribution in [2.24, 2.45) is 0 Å². The summed E-state index contributed by atoms with van der Waals surface area (Å²) in [5.74, 6) is 0.839. The van der Waals surface area contributed by atoms with Gasteiger partial charge < -0.3 is 15.0 Å². The minimum atomic E-state index is -4.43. The molecule has 1 fully saturated rings. The summed E-state index contributed by atoms with van der Waals surface area (Å²) in [6.07, 6.45) is -4.43. The molecule has 0 spiro atoms. The Kier molecular flexibility index (Phi) is 4.40. The van der Waals surface area contributed by atoms with Crippen molar-refractivity contribution in [1.29, 1.82) is 0 Å². The minimum absolute atomic E-state index is 0.196. The molecule has 1 saturated heterocycles. The van der Waals surface area contributed by atoms with E-state index in [9.17, 15) is 13.2 Å². The van der Waals surface area contributed by atoms with E-state index in [0.717, 1.165) is 35.6 Å². The third kappa shape index (κ3) is 3.73. The summed E-state index contributed by atoms with van der Waals surface area (Å²) < 4.78 is 43.0. The number of nitrogens with zero attached hydrogens (tertiary/aromatic N) is 3. The van der Waals surface area contributed by atoms with Crippen LogP contribution in [-0.4, -0.2) is 36.3 Å². The van der Waals surface area contributed by atoms with Crippen LogP contribution in [0.2, 0.25) is 0 Å². The molecule has 0 amide bonds. The van der Waals surface area contributed by atoms with Gasteiger partial charge in [0.25, 0.3) is 0 Å². The van der Waals surface area contributed by atoms with Crippen molar-refractivity contribution in [2.75, 3.05) is 36.5 Å². The predicted octanol–water partition coefficient (Wildman–Crippen LogP) is 3.45. The summed E-state index contributed by atoms with van der Waals surface area (Å²) in [6.45, 7) is 4.70. The van der Waals surface area contributed by atoms with Gasteiger partial charge in [0.2, 0.25) is 0 Å². The van der Waals surface area contributed by atoms with Crippen molar-refractivity contribution in [3.8, 4) is 0 Å². The molecule has 0 saturated carbocycles. The highest BCUT2D eigenvalue weighted by Crippen LogP contribution is 2.33. The fourth-order valence-electron chi connectivity index (χ4n) is 2.23. The van der Waals surface area contributed by atoms with E-state index < -0.39 is 11.9 Å². The van der Waals surface area contributed by atoms with E-state index in [1.54, 1.807) is 0 Å². The molecule has 3 rings (SSSR count). The summed E-state index contributed by atoms with van der Waals surface area (Å²) >= 11 is 0.915. The average molecular weight is 344 g/mol. The standard InChI is InChI=1S/C14H15F3N4OS/c1-9-10(19-13-20-11(8-23-13)14(15,16)17)2-3-12(18-9)21-4-6-22-7-5-21/h2-3,8H,4-7H2,1H3,(H,19,20). The summed E-state index contributed by atoms with van der Waals surface area (Å²) in [5, 5.41) is 4.09. The Morgan fingerprint density at radius 3 is 2.57 bits per heavy atom. The van der Waals surface area contributed by atoms with Gasteiger partial charge in [-0.3, -0.25) is 0 Å². The van der Waals surface area contributed by atoms with Crippen LogP contribution in [0.1, 0.15) is 11.4 Å². The maximum absolute atomic E-state index is 12.6. The van der Waals surface area contributed by atoms with Crippen LogP contribution in [0, 0.1) is 6.92 Å². The number of thiazole rings is 1. The Hall–Kier alpha value is -1.87. The molecule has 124 valence electrons. The van der Waals surface area contributed by atoms with E-state index in [0.29, 0.717) is 24.6 Å². The molecule has 0 aromatic carbocycles. The van der Waals surface area contributed by atoms with Crippen LogP contribution in [0.4, 0.5) is 29.8 Å². The molecule has 0 aliphatic carbocycles. The molecule has 9 heteroatoms. The van der Waals surface area contributed by atoms with Gasteiger partial charge in [-0.05, 0) is 19.1 Å². The summed E-state index contributed by atoms with van der Waals surface area (Å²) in [5.41, 5.74) is 0.461. The second kappa shape index (κ2) is 6.32. The van der Waals surface area contributed by atoms with Crippen LogP contribution in [0.5, 0.6) is 0 Å². The zero-order chi connectivity index (χ0) is 16.4. The molecular formula is C14H15F3N4OS. The number of rotatable bonds is 3. The number of hydrogen-bond donors (Lipinski definition) is 1. The fourth-order valence-corrected chi connectivity index (χ4v) is 2.95. The SMILES string of the molecule is Cc1nc(N2CCOCC2)ccc1Nc1nc(C(F)(F)F)cs1. The van der Waals surface area contributed by atoms with Crippen molar-refractivity contribution in [3.63, 3.8) is 0 Å². The Morgan fingerprint density at radius 1 is 1.22 bits per heavy atom. The molecule has 1 N–H and O–H groups in total. The number of alkyl halides is 3. The van der Waals surface area contributed by atoms with E-state index in [2.05, 4.69) is 20.2 Å². The maximum atomic E-state index is 12.6. The van der Waals surface area contributed by atoms with Crippen LogP contribution in [0.15, 0.2) is 17.5 Å². The number of morpholine rings is 1. The smallest absolute Gasteiger partial charge is 0.378 e. The maximum Gasteiger partial charge on any atom is 0.434 e. The van der Waals surface area contributed by atoms with E-state index in [1.165, 1.54) is 0 Å². The van der Waals surface area contributed by atoms with Crippen molar-refractivity contribution in [2.45, 2.75) is 13.1 Å². The van der Waals surface area contributed by atoms with E-state index in [1.807, 2.05) is 19.1 Å². The molecule has 0 bridgehead atoms. The number of nitrogens with one attached hydrogen (secondary N) is 1. The highest BCUT2D eigenvalue weighted by molar-refractivity contribution is 7.13. The first kappa shape index (κ1) is 16.0. The first-order valence-corrected chi connectivity index (χ1v) is 7.91. The third-order valence-electron chi connectivity index (χ3n) is 3.44. The van der Waals surface area contributed by atoms with Crippen molar-refractivity contribution < 1.29 is 17.9 Å². The first-order valence-electron chi connectivity index (χ1n) is 7.03. The summed E-state index contributed by atoms with van der Waals surface area (Å²) in [7, 11) is 0. The number of anilines is 3. The number of aryl methyl sites for hydroxylation is 1. The van der Waals surface area contributed by atoms with Gasteiger partial charge in [0.15, 0.2) is 10.8 Å². The number of pyridine rings is 1. The van der Waals surface area contributed by atoms with Crippen LogP contribution < -0.4 is 10.2 Å². The van der Waals surface area contributed by atoms with E-state index in [-0.39, 0.29) is 5.13 Å². The molecule has 2 aromatic rings. The molecule has 3 heterocycles. The first-order chi connectivity index (χ1) is 10.9. The van der Waals surface area contributed by atoms with Crippen molar-refractivity contribution >= 4 is 28.0 Å². The van der Waals surface area contributed by atoms with Gasteiger partial charge in [0.1, 0.15) is 5.82 Å². The van der Waals surface area contributed by atoms with Gasteiger partial charge in [-0.25, -0.2) is 9.97 Å². The summed E-state index contributed by atoms with van der Waals surface area (Å²) in [4.78, 5) is 10.2. The lowest BCUT2D eigenvalue weighted by molar-refractivity contribution is -0.140. The predicted molar refractivity (Wildman–Crippen MR) is 82.4 cm³/mol. The monoisotopic (exact) mass is 344 g/mol. The quantitative estimate of drug-likeness (QED) is 0.924. The molecule has 23 heavy (non-hydrogen) atoms. The van der Waals surface area contributed by atoms with Crippen LogP contribution in [-0.2, 0) is 10.9 Å². The van der Waals surface area contributed by atoms with Crippen LogP contribution in [0.3, 0.4) is 0 Å². The fraction of sp³-hybridized carbons (Fsp3) is 0.429. The van der Waals surface area contributed by atoms with Gasteiger partial charge >= 0.3 is 6.18 Å².